The molecule has 1 saturated heterocycles. The number of carboxylic acids is 1. The van der Waals surface area contributed by atoms with Crippen molar-refractivity contribution < 1.29 is 14.7 Å². The Bertz CT molecular complexity index is 2020. The summed E-state index contributed by atoms with van der Waals surface area (Å²) < 4.78 is 0.278. The van der Waals surface area contributed by atoms with Crippen LogP contribution in [-0.4, -0.2) is 38.8 Å². The van der Waals surface area contributed by atoms with Gasteiger partial charge in [-0.2, -0.15) is 0 Å². The molecule has 0 bridgehead atoms. The minimum atomic E-state index is -1.08. The second-order valence-electron chi connectivity index (χ2n) is 12.0. The first-order valence-electron chi connectivity index (χ1n) is 15.2. The lowest BCUT2D eigenvalue weighted by Crippen LogP contribution is -2.33. The lowest BCUT2D eigenvalue weighted by atomic mass is 9.96. The molecule has 5 nitrogen and oxygen atoms in total. The first-order chi connectivity index (χ1) is 22.4. The molecule has 2 unspecified atom stereocenters. The van der Waals surface area contributed by atoms with Gasteiger partial charge in [0.05, 0.1) is 4.91 Å². The van der Waals surface area contributed by atoms with E-state index in [1.807, 2.05) is 6.08 Å². The van der Waals surface area contributed by atoms with Gasteiger partial charge in [0.1, 0.15) is 10.9 Å². The van der Waals surface area contributed by atoms with E-state index < -0.39 is 12.5 Å². The molecule has 1 saturated carbocycles. The minimum Gasteiger partial charge on any atom is -0.480 e. The van der Waals surface area contributed by atoms with Crippen LogP contribution in [0.15, 0.2) is 94.7 Å². The predicted molar refractivity (Wildman–Crippen MR) is 192 cm³/mol. The van der Waals surface area contributed by atoms with Crippen molar-refractivity contribution in [1.29, 1.82) is 0 Å². The Kier molecular flexibility index (Phi) is 7.39. The second kappa shape index (κ2) is 11.6. The van der Waals surface area contributed by atoms with Gasteiger partial charge in [0.25, 0.3) is 5.91 Å². The van der Waals surface area contributed by atoms with Gasteiger partial charge in [-0.3, -0.25) is 14.5 Å². The van der Waals surface area contributed by atoms with E-state index in [1.165, 1.54) is 62.9 Å². The van der Waals surface area contributed by atoms with Crippen LogP contribution in [0.5, 0.6) is 0 Å². The van der Waals surface area contributed by atoms with Gasteiger partial charge in [0.15, 0.2) is 0 Å². The third-order valence-corrected chi connectivity index (χ3v) is 11.3. The average molecular weight is 657 g/mol. The number of fused-ring (bicyclic) bond motifs is 6. The summed E-state index contributed by atoms with van der Waals surface area (Å²) in [5.41, 5.74) is 12.0. The molecule has 0 aromatic heterocycles. The Hall–Kier alpha value is -4.11. The highest BCUT2D eigenvalue weighted by Gasteiger charge is 2.42. The molecular formula is C38H28N2O3S3. The van der Waals surface area contributed by atoms with Crippen molar-refractivity contribution in [3.63, 3.8) is 0 Å². The number of rotatable bonds is 6. The normalized spacial score (nSPS) is 21.2. The highest BCUT2D eigenvalue weighted by Crippen LogP contribution is 2.54. The number of anilines is 2. The van der Waals surface area contributed by atoms with E-state index in [2.05, 4.69) is 95.9 Å². The number of hydrogen-bond acceptors (Lipinski definition) is 6. The molecule has 46 heavy (non-hydrogen) atoms. The Morgan fingerprint density at radius 2 is 1.70 bits per heavy atom. The van der Waals surface area contributed by atoms with Crippen LogP contribution >= 0.6 is 35.7 Å². The fourth-order valence-corrected chi connectivity index (χ4v) is 8.97. The molecule has 2 aliphatic carbocycles. The van der Waals surface area contributed by atoms with Crippen LogP contribution in [0.4, 0.5) is 11.4 Å². The lowest BCUT2D eigenvalue weighted by Gasteiger charge is -2.28. The minimum absolute atomic E-state index is 0.278. The number of carbonyl (C=O) groups is 2. The van der Waals surface area contributed by atoms with Gasteiger partial charge >= 0.3 is 5.97 Å². The van der Waals surface area contributed by atoms with Crippen LogP contribution in [-0.2, 0) is 9.59 Å². The number of benzene rings is 4. The maximum atomic E-state index is 12.9. The van der Waals surface area contributed by atoms with Gasteiger partial charge in [-0.05, 0) is 106 Å². The number of thiocarbonyl (C=S) groups is 1. The lowest BCUT2D eigenvalue weighted by molar-refractivity contribution is -0.140. The highest BCUT2D eigenvalue weighted by atomic mass is 32.2. The summed E-state index contributed by atoms with van der Waals surface area (Å²) in [5, 5.41) is 9.20. The van der Waals surface area contributed by atoms with Crippen molar-refractivity contribution in [2.24, 2.45) is 0 Å². The number of amides is 1. The molecule has 0 spiro atoms. The molecule has 4 aliphatic rings. The first-order valence-corrected chi connectivity index (χ1v) is 17.3. The SMILES string of the molecule is [CH]Sc1ccc(/C=C2\c3ccccc3-c3ccc(N4c5ccc(/C=C6\SC(=S)N(CC(=O)O)C6=O)cc5C5CCCC54)cc32)cc1. The van der Waals surface area contributed by atoms with E-state index in [9.17, 15) is 14.7 Å². The summed E-state index contributed by atoms with van der Waals surface area (Å²) in [6.07, 6.45) is 13.3. The van der Waals surface area contributed by atoms with Crippen LogP contribution in [0.3, 0.4) is 0 Å². The van der Waals surface area contributed by atoms with Crippen molar-refractivity contribution in [3.05, 3.63) is 124 Å². The van der Waals surface area contributed by atoms with E-state index in [0.29, 0.717) is 16.9 Å². The summed E-state index contributed by atoms with van der Waals surface area (Å²) in [6.45, 7) is -0.423. The van der Waals surface area contributed by atoms with Crippen LogP contribution < -0.4 is 4.90 Å². The van der Waals surface area contributed by atoms with Crippen molar-refractivity contribution in [2.45, 2.75) is 36.1 Å². The fraction of sp³-hybridized carbons (Fsp3) is 0.158. The van der Waals surface area contributed by atoms with E-state index in [-0.39, 0.29) is 10.2 Å². The summed E-state index contributed by atoms with van der Waals surface area (Å²) in [7, 11) is 0. The Balaban J connectivity index is 1.17. The summed E-state index contributed by atoms with van der Waals surface area (Å²) in [5.74, 6) is -1.03. The Labute approximate surface area is 282 Å². The second-order valence-corrected chi connectivity index (χ2v) is 14.4. The van der Waals surface area contributed by atoms with E-state index in [0.717, 1.165) is 45.5 Å². The zero-order chi connectivity index (χ0) is 31.5. The predicted octanol–water partition coefficient (Wildman–Crippen LogP) is 9.09. The number of carbonyl (C=O) groups excluding carboxylic acids is 1. The number of thioether (sulfide) groups is 2. The molecule has 4 aromatic rings. The zero-order valence-electron chi connectivity index (χ0n) is 24.7. The summed E-state index contributed by atoms with van der Waals surface area (Å²) in [4.78, 5) is 29.3. The fourth-order valence-electron chi connectivity index (χ4n) is 7.43. The van der Waals surface area contributed by atoms with Gasteiger partial charge in [0, 0.05) is 34.5 Å². The number of nitrogens with zero attached hydrogens (tertiary/aromatic N) is 2. The van der Waals surface area contributed by atoms with E-state index >= 15 is 0 Å². The molecular weight excluding hydrogens is 629 g/mol. The maximum absolute atomic E-state index is 12.9. The molecule has 1 amide bonds. The van der Waals surface area contributed by atoms with Crippen LogP contribution in [0.1, 0.15) is 53.0 Å². The molecule has 2 heterocycles. The van der Waals surface area contributed by atoms with Crippen molar-refractivity contribution >= 4 is 81.0 Å². The molecule has 2 radical (unpaired) electrons. The molecule has 2 aliphatic heterocycles. The van der Waals surface area contributed by atoms with E-state index in [4.69, 9.17) is 18.5 Å². The monoisotopic (exact) mass is 656 g/mol. The Morgan fingerprint density at radius 1 is 0.935 bits per heavy atom. The quantitative estimate of drug-likeness (QED) is 0.111. The standard InChI is InChI=1S/C38H28N2O3S3/c1-45-25-13-9-22(10-14-25)17-30-27-6-3-2-5-26(27)28-15-12-24(20-31(28)30)40-33-8-4-7-29(33)32-18-23(11-16-34(32)40)19-35-37(43)39(21-36(41)42)38(44)46-35/h1-3,5-6,9-20,29,33H,4,7-8,21H2,(H,41,42)/b30-17+,35-19-. The van der Waals surface area contributed by atoms with Gasteiger partial charge in [-0.15, -0.1) is 11.8 Å². The van der Waals surface area contributed by atoms with Gasteiger partial charge in [-0.25, -0.2) is 0 Å². The molecule has 2 fully saturated rings. The molecule has 2 atom stereocenters. The third kappa shape index (κ3) is 4.91. The topological polar surface area (TPSA) is 60.9 Å². The van der Waals surface area contributed by atoms with Gasteiger partial charge in [-0.1, -0.05) is 78.9 Å². The van der Waals surface area contributed by atoms with Crippen LogP contribution in [0.2, 0.25) is 0 Å². The number of carboxylic acid groups (broad SMARTS) is 1. The molecule has 226 valence electrons. The smallest absolute Gasteiger partial charge is 0.323 e. The molecule has 4 aromatic carbocycles. The summed E-state index contributed by atoms with van der Waals surface area (Å²) in [6, 6.07) is 30.7. The molecule has 1 N–H and O–H groups in total. The van der Waals surface area contributed by atoms with Crippen LogP contribution in [0.25, 0.3) is 28.9 Å². The van der Waals surface area contributed by atoms with Gasteiger partial charge < -0.3 is 10.0 Å². The van der Waals surface area contributed by atoms with Crippen LogP contribution in [0, 0.1) is 6.26 Å². The molecule has 8 rings (SSSR count). The highest BCUT2D eigenvalue weighted by molar-refractivity contribution is 8.26. The van der Waals surface area contributed by atoms with E-state index in [1.54, 1.807) is 0 Å². The third-order valence-electron chi connectivity index (χ3n) is 9.39. The zero-order valence-corrected chi connectivity index (χ0v) is 27.1. The summed E-state index contributed by atoms with van der Waals surface area (Å²) >= 11 is 7.71. The number of aliphatic carboxylic acids is 1. The number of hydrogen-bond donors (Lipinski definition) is 1. The maximum Gasteiger partial charge on any atom is 0.323 e. The van der Waals surface area contributed by atoms with Crippen molar-refractivity contribution in [2.75, 3.05) is 11.4 Å². The first kappa shape index (κ1) is 29.3. The van der Waals surface area contributed by atoms with Crippen molar-refractivity contribution in [1.82, 2.24) is 4.90 Å². The largest absolute Gasteiger partial charge is 0.480 e. The van der Waals surface area contributed by atoms with Crippen molar-refractivity contribution in [3.8, 4) is 11.1 Å². The molecule has 8 heteroatoms. The Morgan fingerprint density at radius 3 is 2.48 bits per heavy atom. The van der Waals surface area contributed by atoms with Gasteiger partial charge in [0.2, 0.25) is 0 Å². The average Bonchev–Trinajstić information content (AvgIpc) is 3.80.